The van der Waals surface area contributed by atoms with Crippen molar-refractivity contribution in [3.05, 3.63) is 42.6 Å². The molecule has 0 spiro atoms. The summed E-state index contributed by atoms with van der Waals surface area (Å²) >= 11 is 0. The van der Waals surface area contributed by atoms with Crippen molar-refractivity contribution in [3.63, 3.8) is 0 Å². The Labute approximate surface area is 147 Å². The summed E-state index contributed by atoms with van der Waals surface area (Å²) in [4.78, 5) is 11.1. The fourth-order valence-corrected chi connectivity index (χ4v) is 3.14. The molecule has 0 atom stereocenters. The summed E-state index contributed by atoms with van der Waals surface area (Å²) in [5.74, 6) is 0.241. The van der Waals surface area contributed by atoms with E-state index in [2.05, 4.69) is 26.7 Å². The molecule has 6 nitrogen and oxygen atoms in total. The molecule has 25 heavy (non-hydrogen) atoms. The van der Waals surface area contributed by atoms with Crippen LogP contribution in [-0.2, 0) is 0 Å². The minimum Gasteiger partial charge on any atom is -0.356 e. The summed E-state index contributed by atoms with van der Waals surface area (Å²) in [5.41, 5.74) is 8.35. The lowest BCUT2D eigenvalue weighted by atomic mass is 10.1. The van der Waals surface area contributed by atoms with Crippen LogP contribution in [0, 0.1) is 0 Å². The Morgan fingerprint density at radius 3 is 2.92 bits per heavy atom. The number of aromatic amines is 1. The van der Waals surface area contributed by atoms with Gasteiger partial charge in [0.2, 0.25) is 0 Å². The highest BCUT2D eigenvalue weighted by Crippen LogP contribution is 2.30. The fourth-order valence-electron chi connectivity index (χ4n) is 3.14. The molecule has 3 N–H and O–H groups in total. The van der Waals surface area contributed by atoms with Gasteiger partial charge in [-0.2, -0.15) is 5.10 Å². The number of piperidine rings is 1. The Morgan fingerprint density at radius 2 is 2.16 bits per heavy atom. The van der Waals surface area contributed by atoms with Crippen LogP contribution in [0.15, 0.2) is 37.0 Å². The molecular weight excluding hydrogens is 319 g/mol. The molecule has 1 saturated heterocycles. The van der Waals surface area contributed by atoms with Gasteiger partial charge in [0.15, 0.2) is 5.65 Å². The van der Waals surface area contributed by atoms with Crippen molar-refractivity contribution < 1.29 is 7.24 Å². The molecule has 3 aromatic rings. The number of halogens is 1. The van der Waals surface area contributed by atoms with E-state index >= 15 is 0 Å². The third-order valence-corrected chi connectivity index (χ3v) is 4.57. The number of rotatable bonds is 3. The monoisotopic (exact) mass is 342 g/mol. The van der Waals surface area contributed by atoms with Crippen molar-refractivity contribution in [1.82, 2.24) is 20.2 Å². The summed E-state index contributed by atoms with van der Waals surface area (Å²) in [7, 11) is 0. The first kappa shape index (κ1) is 15.7. The third kappa shape index (κ3) is 2.98. The second kappa shape index (κ2) is 6.25. The van der Waals surface area contributed by atoms with E-state index in [-0.39, 0.29) is 8.90 Å². The normalized spacial score (nSPS) is 15.7. The van der Waals surface area contributed by atoms with E-state index < -0.39 is 5.83 Å². The van der Waals surface area contributed by atoms with E-state index in [0.717, 1.165) is 42.8 Å². The van der Waals surface area contributed by atoms with Crippen molar-refractivity contribution >= 4 is 22.7 Å². The fraction of sp³-hybridized carbons (Fsp3) is 0.278. The minimum absolute atomic E-state index is 0. The quantitative estimate of drug-likeness (QED) is 0.762. The van der Waals surface area contributed by atoms with Crippen molar-refractivity contribution in [2.75, 3.05) is 18.0 Å². The number of hydrogen-bond acceptors (Lipinski definition) is 5. The molecule has 4 heterocycles. The lowest BCUT2D eigenvalue weighted by Gasteiger charge is -2.31. The zero-order valence-electron chi connectivity index (χ0n) is 13.7. The summed E-state index contributed by atoms with van der Waals surface area (Å²) in [6, 6.07) is 7.39. The van der Waals surface area contributed by atoms with Gasteiger partial charge < -0.3 is 10.6 Å². The van der Waals surface area contributed by atoms with Crippen molar-refractivity contribution in [1.29, 1.82) is 0 Å². The van der Waals surface area contributed by atoms with Gasteiger partial charge in [0, 0.05) is 39.1 Å². The molecule has 3 aromatic heterocycles. The molecule has 1 aliphatic rings. The predicted octanol–water partition coefficient (Wildman–Crippen LogP) is 3.38. The Bertz CT molecular complexity index is 937. The Kier molecular flexibility index (Phi) is 3.93. The maximum absolute atomic E-state index is 13.9. The van der Waals surface area contributed by atoms with Gasteiger partial charge in [-0.1, -0.05) is 6.58 Å². The lowest BCUT2D eigenvalue weighted by molar-refractivity contribution is 0.498. The number of anilines is 1. The molecule has 4 rings (SSSR count). The van der Waals surface area contributed by atoms with Crippen molar-refractivity contribution in [2.45, 2.75) is 18.9 Å². The van der Waals surface area contributed by atoms with Crippen LogP contribution < -0.4 is 10.6 Å². The number of nitrogens with two attached hydrogens (primary N) is 1. The van der Waals surface area contributed by atoms with Crippen LogP contribution in [0.4, 0.5) is 10.2 Å². The third-order valence-electron chi connectivity index (χ3n) is 4.57. The zero-order valence-corrected chi connectivity index (χ0v) is 13.7. The van der Waals surface area contributed by atoms with Gasteiger partial charge in [-0.05, 0) is 37.1 Å². The number of pyridine rings is 2. The molecule has 132 valence electrons. The van der Waals surface area contributed by atoms with Crippen LogP contribution in [0.3, 0.4) is 0 Å². The molecule has 0 saturated carbocycles. The van der Waals surface area contributed by atoms with E-state index in [1.165, 1.54) is 0 Å². The lowest BCUT2D eigenvalue weighted by Crippen LogP contribution is -2.40. The van der Waals surface area contributed by atoms with Crippen LogP contribution >= 0.6 is 0 Å². The molecule has 0 radical (unpaired) electrons. The topological polar surface area (TPSA) is 83.7 Å². The van der Waals surface area contributed by atoms with Gasteiger partial charge in [-0.3, -0.25) is 5.10 Å². The summed E-state index contributed by atoms with van der Waals surface area (Å²) in [5, 5.41) is 8.02. The molecule has 0 aromatic carbocycles. The first-order valence-corrected chi connectivity index (χ1v) is 8.28. The van der Waals surface area contributed by atoms with Gasteiger partial charge in [0.05, 0.1) is 11.4 Å². The Morgan fingerprint density at radius 1 is 1.36 bits per heavy atom. The highest BCUT2D eigenvalue weighted by Gasteiger charge is 2.20. The molecule has 0 bridgehead atoms. The van der Waals surface area contributed by atoms with Gasteiger partial charge >= 0.3 is 0 Å². The van der Waals surface area contributed by atoms with E-state index in [0.29, 0.717) is 16.9 Å². The predicted molar refractivity (Wildman–Crippen MR) is 101 cm³/mol. The van der Waals surface area contributed by atoms with E-state index in [1.807, 2.05) is 12.1 Å². The second-order valence-electron chi connectivity index (χ2n) is 6.30. The molecule has 0 unspecified atom stereocenters. The number of aromatic nitrogens is 4. The minimum atomic E-state index is -0.486. The standard InChI is InChI=1S/C18H19FN6.2H2/c1-11(19)12-9-15(17-14-3-2-6-21-18(14)24-23-17)22-16(10-12)25-7-4-13(20)5-8-25;;/h2-3,6,9-10,13H,1,4-5,7-8,20H2,(H,21,23,24);2*1H. The van der Waals surface area contributed by atoms with Crippen LogP contribution in [0.25, 0.3) is 28.2 Å². The molecular formula is C18H23FN6. The van der Waals surface area contributed by atoms with Crippen LogP contribution in [0.2, 0.25) is 0 Å². The molecule has 0 aliphatic carbocycles. The smallest absolute Gasteiger partial charge is 0.181 e. The van der Waals surface area contributed by atoms with E-state index in [9.17, 15) is 4.39 Å². The molecule has 1 aliphatic heterocycles. The highest BCUT2D eigenvalue weighted by atomic mass is 19.1. The SMILES string of the molecule is C=C(F)c1cc(-c2[nH]nc3ncccc23)nc(N2CCC(N)CC2)c1.[HH].[HH]. The molecule has 7 heteroatoms. The van der Waals surface area contributed by atoms with Crippen molar-refractivity contribution in [2.24, 2.45) is 5.73 Å². The van der Waals surface area contributed by atoms with Crippen LogP contribution in [0.1, 0.15) is 21.3 Å². The van der Waals surface area contributed by atoms with Gasteiger partial charge in [-0.25, -0.2) is 14.4 Å². The van der Waals surface area contributed by atoms with Gasteiger partial charge in [-0.15, -0.1) is 0 Å². The van der Waals surface area contributed by atoms with E-state index in [4.69, 9.17) is 10.7 Å². The Hall–Kier alpha value is -2.80. The largest absolute Gasteiger partial charge is 0.356 e. The molecule has 0 amide bonds. The van der Waals surface area contributed by atoms with Crippen molar-refractivity contribution in [3.8, 4) is 11.4 Å². The summed E-state index contributed by atoms with van der Waals surface area (Å²) in [6.07, 6.45) is 3.48. The highest BCUT2D eigenvalue weighted by molar-refractivity contribution is 5.90. The van der Waals surface area contributed by atoms with Gasteiger partial charge in [0.25, 0.3) is 0 Å². The number of H-pyrrole nitrogens is 1. The van der Waals surface area contributed by atoms with E-state index in [1.54, 1.807) is 18.3 Å². The number of nitrogens with zero attached hydrogens (tertiary/aromatic N) is 4. The maximum atomic E-state index is 13.9. The average molecular weight is 342 g/mol. The first-order chi connectivity index (χ1) is 12.1. The number of nitrogens with one attached hydrogen (secondary N) is 1. The maximum Gasteiger partial charge on any atom is 0.181 e. The Balaban J connectivity index is 0.00000131. The molecule has 1 fully saturated rings. The zero-order chi connectivity index (χ0) is 17.4. The summed E-state index contributed by atoms with van der Waals surface area (Å²) in [6.45, 7) is 5.05. The number of fused-ring (bicyclic) bond motifs is 1. The second-order valence-corrected chi connectivity index (χ2v) is 6.30. The van der Waals surface area contributed by atoms with Gasteiger partial charge in [0.1, 0.15) is 11.6 Å². The average Bonchev–Trinajstić information content (AvgIpc) is 3.06. The van der Waals surface area contributed by atoms with Crippen LogP contribution in [0.5, 0.6) is 0 Å². The number of hydrogen-bond donors (Lipinski definition) is 2. The summed E-state index contributed by atoms with van der Waals surface area (Å²) < 4.78 is 13.9. The van der Waals surface area contributed by atoms with Crippen LogP contribution in [-0.4, -0.2) is 39.3 Å². The first-order valence-electron chi connectivity index (χ1n) is 8.28.